The van der Waals surface area contributed by atoms with E-state index in [1.165, 1.54) is 7.11 Å². The molecule has 0 radical (unpaired) electrons. The largest absolute Gasteiger partial charge is 0.469 e. The molecule has 1 amide bonds. The number of amides is 1. The average Bonchev–Trinajstić information content (AvgIpc) is 2.91. The van der Waals surface area contributed by atoms with Crippen LogP contribution >= 0.6 is 0 Å². The fourth-order valence-corrected chi connectivity index (χ4v) is 2.66. The second-order valence-corrected chi connectivity index (χ2v) is 6.11. The lowest BCUT2D eigenvalue weighted by atomic mass is 10.0. The Kier molecular flexibility index (Phi) is 6.33. The zero-order valence-corrected chi connectivity index (χ0v) is 15.1. The van der Waals surface area contributed by atoms with Crippen LogP contribution in [0.15, 0.2) is 28.8 Å². The minimum Gasteiger partial charge on any atom is -0.469 e. The number of benzene rings is 1. The molecule has 6 heteroatoms. The molecule has 0 saturated carbocycles. The Morgan fingerprint density at radius 2 is 1.88 bits per heavy atom. The second-order valence-electron chi connectivity index (χ2n) is 6.11. The van der Waals surface area contributed by atoms with Crippen LogP contribution in [0.5, 0.6) is 0 Å². The van der Waals surface area contributed by atoms with Crippen LogP contribution in [-0.2, 0) is 20.7 Å². The van der Waals surface area contributed by atoms with Crippen LogP contribution in [0, 0.1) is 20.8 Å². The molecule has 0 bridgehead atoms. The summed E-state index contributed by atoms with van der Waals surface area (Å²) in [4.78, 5) is 24.1. The smallest absolute Gasteiger partial charge is 0.307 e. The summed E-state index contributed by atoms with van der Waals surface area (Å²) < 4.78 is 9.86. The molecule has 1 atom stereocenters. The molecule has 6 nitrogen and oxygen atoms in total. The Morgan fingerprint density at radius 3 is 2.44 bits per heavy atom. The fraction of sp³-hybridized carbons (Fsp3) is 0.421. The van der Waals surface area contributed by atoms with Crippen molar-refractivity contribution < 1.29 is 18.8 Å². The van der Waals surface area contributed by atoms with Gasteiger partial charge in [-0.25, -0.2) is 0 Å². The molecule has 1 aromatic carbocycles. The predicted molar refractivity (Wildman–Crippen MR) is 93.0 cm³/mol. The molecule has 2 aromatic rings. The Balaban J connectivity index is 2.03. The first-order chi connectivity index (χ1) is 11.9. The molecule has 0 aliphatic heterocycles. The highest BCUT2D eigenvalue weighted by Gasteiger charge is 2.19. The summed E-state index contributed by atoms with van der Waals surface area (Å²) in [5, 5.41) is 6.82. The average molecular weight is 344 g/mol. The standard InChI is InChI=1S/C19H24N2O4/c1-12-5-7-15(8-6-12)17(11-19(23)24-4)20-18(22)10-9-16-13(2)21-25-14(16)3/h5-8,17H,9-11H2,1-4H3,(H,20,22)/t17-/m1/s1. The van der Waals surface area contributed by atoms with Crippen LogP contribution in [0.2, 0.25) is 0 Å². The van der Waals surface area contributed by atoms with E-state index in [0.717, 1.165) is 28.1 Å². The van der Waals surface area contributed by atoms with Gasteiger partial charge in [0, 0.05) is 12.0 Å². The van der Waals surface area contributed by atoms with Crippen molar-refractivity contribution in [3.8, 4) is 0 Å². The third kappa shape index (κ3) is 5.17. The van der Waals surface area contributed by atoms with Crippen LogP contribution in [0.1, 0.15) is 47.0 Å². The van der Waals surface area contributed by atoms with Gasteiger partial charge in [0.05, 0.1) is 25.3 Å². The first kappa shape index (κ1) is 18.7. The van der Waals surface area contributed by atoms with Crippen molar-refractivity contribution in [3.05, 3.63) is 52.4 Å². The lowest BCUT2D eigenvalue weighted by Crippen LogP contribution is -2.30. The third-order valence-electron chi connectivity index (χ3n) is 4.20. The molecule has 0 aliphatic rings. The number of aryl methyl sites for hydroxylation is 3. The second kappa shape index (κ2) is 8.46. The number of carbonyl (C=O) groups is 2. The van der Waals surface area contributed by atoms with Gasteiger partial charge in [0.25, 0.3) is 0 Å². The summed E-state index contributed by atoms with van der Waals surface area (Å²) in [5.74, 6) is 0.237. The molecule has 1 aromatic heterocycles. The highest BCUT2D eigenvalue weighted by Crippen LogP contribution is 2.19. The van der Waals surface area contributed by atoms with Gasteiger partial charge in [-0.1, -0.05) is 35.0 Å². The SMILES string of the molecule is COC(=O)C[C@@H](NC(=O)CCc1c(C)noc1C)c1ccc(C)cc1. The van der Waals surface area contributed by atoms with Crippen LogP contribution in [-0.4, -0.2) is 24.1 Å². The first-order valence-electron chi connectivity index (χ1n) is 8.25. The quantitative estimate of drug-likeness (QED) is 0.781. The number of hydrogen-bond donors (Lipinski definition) is 1. The third-order valence-corrected chi connectivity index (χ3v) is 4.20. The predicted octanol–water partition coefficient (Wildman–Crippen LogP) is 2.95. The molecule has 1 N–H and O–H groups in total. The molecule has 2 rings (SSSR count). The van der Waals surface area contributed by atoms with Crippen LogP contribution in [0.4, 0.5) is 0 Å². The van der Waals surface area contributed by atoms with Crippen molar-refractivity contribution in [2.75, 3.05) is 7.11 Å². The van der Waals surface area contributed by atoms with Gasteiger partial charge in [-0.15, -0.1) is 0 Å². The van der Waals surface area contributed by atoms with Gasteiger partial charge in [-0.3, -0.25) is 9.59 Å². The van der Waals surface area contributed by atoms with Crippen molar-refractivity contribution in [3.63, 3.8) is 0 Å². The number of nitrogens with zero attached hydrogens (tertiary/aromatic N) is 1. The minimum absolute atomic E-state index is 0.0939. The van der Waals surface area contributed by atoms with Gasteiger partial charge in [0.2, 0.25) is 5.91 Å². The van der Waals surface area contributed by atoms with E-state index >= 15 is 0 Å². The highest BCUT2D eigenvalue weighted by atomic mass is 16.5. The van der Waals surface area contributed by atoms with E-state index < -0.39 is 6.04 Å². The van der Waals surface area contributed by atoms with Crippen molar-refractivity contribution in [1.82, 2.24) is 10.5 Å². The van der Waals surface area contributed by atoms with Gasteiger partial charge >= 0.3 is 5.97 Å². The minimum atomic E-state index is -0.412. The molecule has 0 spiro atoms. The number of carbonyl (C=O) groups excluding carboxylic acids is 2. The molecule has 0 aliphatic carbocycles. The maximum atomic E-state index is 12.4. The molecule has 0 saturated heterocycles. The number of hydrogen-bond acceptors (Lipinski definition) is 5. The van der Waals surface area contributed by atoms with Gasteiger partial charge in [0.1, 0.15) is 5.76 Å². The van der Waals surface area contributed by atoms with Gasteiger partial charge in [-0.05, 0) is 32.8 Å². The normalized spacial score (nSPS) is 11.8. The van der Waals surface area contributed by atoms with Crippen molar-refractivity contribution in [1.29, 1.82) is 0 Å². The zero-order valence-electron chi connectivity index (χ0n) is 15.1. The summed E-state index contributed by atoms with van der Waals surface area (Å²) in [5.41, 5.74) is 3.75. The maximum absolute atomic E-state index is 12.4. The van der Waals surface area contributed by atoms with E-state index in [2.05, 4.69) is 10.5 Å². The monoisotopic (exact) mass is 344 g/mol. The molecule has 1 heterocycles. The summed E-state index contributed by atoms with van der Waals surface area (Å²) in [6.45, 7) is 5.68. The Morgan fingerprint density at radius 1 is 1.20 bits per heavy atom. The summed E-state index contributed by atoms with van der Waals surface area (Å²) in [6, 6.07) is 7.32. The van der Waals surface area contributed by atoms with E-state index in [-0.39, 0.29) is 18.3 Å². The number of rotatable bonds is 7. The van der Waals surface area contributed by atoms with Crippen LogP contribution in [0.3, 0.4) is 0 Å². The maximum Gasteiger partial charge on any atom is 0.307 e. The van der Waals surface area contributed by atoms with Crippen LogP contribution in [0.25, 0.3) is 0 Å². The van der Waals surface area contributed by atoms with E-state index in [4.69, 9.17) is 9.26 Å². The van der Waals surface area contributed by atoms with Crippen LogP contribution < -0.4 is 5.32 Å². The lowest BCUT2D eigenvalue weighted by Gasteiger charge is -2.18. The van der Waals surface area contributed by atoms with Gasteiger partial charge < -0.3 is 14.6 Å². The number of nitrogens with one attached hydrogen (secondary N) is 1. The molecule has 25 heavy (non-hydrogen) atoms. The van der Waals surface area contributed by atoms with E-state index in [0.29, 0.717) is 12.8 Å². The van der Waals surface area contributed by atoms with E-state index in [1.54, 1.807) is 0 Å². The Bertz CT molecular complexity index is 715. The molecule has 0 unspecified atom stereocenters. The van der Waals surface area contributed by atoms with Gasteiger partial charge in [0.15, 0.2) is 0 Å². The lowest BCUT2D eigenvalue weighted by molar-refractivity contribution is -0.141. The molecule has 134 valence electrons. The molecular weight excluding hydrogens is 320 g/mol. The summed E-state index contributed by atoms with van der Waals surface area (Å²) in [7, 11) is 1.34. The molecular formula is C19H24N2O4. The first-order valence-corrected chi connectivity index (χ1v) is 8.25. The van der Waals surface area contributed by atoms with Gasteiger partial charge in [-0.2, -0.15) is 0 Å². The topological polar surface area (TPSA) is 81.4 Å². The highest BCUT2D eigenvalue weighted by molar-refractivity contribution is 5.78. The Labute approximate surface area is 147 Å². The number of ether oxygens (including phenoxy) is 1. The summed E-state index contributed by atoms with van der Waals surface area (Å²) >= 11 is 0. The van der Waals surface area contributed by atoms with Crippen molar-refractivity contribution in [2.45, 2.75) is 46.1 Å². The number of esters is 1. The van der Waals surface area contributed by atoms with Crippen molar-refractivity contribution in [2.24, 2.45) is 0 Å². The van der Waals surface area contributed by atoms with E-state index in [9.17, 15) is 9.59 Å². The summed E-state index contributed by atoms with van der Waals surface area (Å²) in [6.07, 6.45) is 0.939. The molecule has 0 fully saturated rings. The number of aromatic nitrogens is 1. The number of methoxy groups -OCH3 is 1. The van der Waals surface area contributed by atoms with E-state index in [1.807, 2.05) is 45.0 Å². The Hall–Kier alpha value is -2.63. The van der Waals surface area contributed by atoms with Crippen molar-refractivity contribution >= 4 is 11.9 Å². The zero-order chi connectivity index (χ0) is 18.4. The fourth-order valence-electron chi connectivity index (χ4n) is 2.66.